The predicted octanol–water partition coefficient (Wildman–Crippen LogP) is 11.1. The molecule has 1 saturated heterocycles. The summed E-state index contributed by atoms with van der Waals surface area (Å²) < 4.78 is 45.8. The number of hydrogen-bond acceptors (Lipinski definition) is 4. The lowest BCUT2D eigenvalue weighted by Crippen LogP contribution is -2.36. The molecule has 2 heterocycles. The van der Waals surface area contributed by atoms with Crippen molar-refractivity contribution in [1.82, 2.24) is 4.90 Å². The Morgan fingerprint density at radius 3 is 2.12 bits per heavy atom. The van der Waals surface area contributed by atoms with Crippen LogP contribution in [-0.4, -0.2) is 49.0 Å². The average molecular weight is 609 g/mol. The van der Waals surface area contributed by atoms with Crippen molar-refractivity contribution in [3.05, 3.63) is 52.4 Å². The molecule has 0 aliphatic carbocycles. The van der Waals surface area contributed by atoms with E-state index in [1.54, 1.807) is 19.1 Å². The van der Waals surface area contributed by atoms with Crippen LogP contribution in [0.15, 0.2) is 35.7 Å². The van der Waals surface area contributed by atoms with Crippen LogP contribution >= 0.6 is 0 Å². The lowest BCUT2D eigenvalue weighted by atomic mass is 9.86. The minimum absolute atomic E-state index is 0.0180. The van der Waals surface area contributed by atoms with Gasteiger partial charge in [-0.2, -0.15) is 13.2 Å². The molecule has 1 aromatic carbocycles. The predicted molar refractivity (Wildman–Crippen MR) is 178 cm³/mol. The number of rotatable bonds is 12. The Morgan fingerprint density at radius 2 is 1.58 bits per heavy atom. The second-order valence-electron chi connectivity index (χ2n) is 11.8. The van der Waals surface area contributed by atoms with Crippen LogP contribution in [0.5, 0.6) is 0 Å². The smallest absolute Gasteiger partial charge is 0.417 e. The van der Waals surface area contributed by atoms with E-state index in [0.717, 1.165) is 55.0 Å². The third-order valence-corrected chi connectivity index (χ3v) is 8.30. The van der Waals surface area contributed by atoms with Gasteiger partial charge in [0.1, 0.15) is 6.26 Å². The van der Waals surface area contributed by atoms with Gasteiger partial charge in [-0.15, -0.1) is 0 Å². The molecule has 0 amide bonds. The number of anilines is 1. The molecular formula is C36H59F3N2O2. The Hall–Kier alpha value is -2.25. The minimum atomic E-state index is -4.50. The second kappa shape index (κ2) is 20.7. The van der Waals surface area contributed by atoms with E-state index in [9.17, 15) is 13.2 Å². The van der Waals surface area contributed by atoms with Crippen molar-refractivity contribution in [3.8, 4) is 0 Å². The molecule has 0 bridgehead atoms. The molecule has 0 radical (unpaired) electrons. The second-order valence-corrected chi connectivity index (χ2v) is 11.8. The Bertz CT molecular complexity index is 1030. The summed E-state index contributed by atoms with van der Waals surface area (Å²) in [5.41, 5.74) is 2.90. The SMILES string of the molecule is CC.CC(C)=C(C)c1c(C)ccc2c1C(C(F)(F)F)=C/C(=C/O)N2.CCC(C)CCCCCCCCCN1CCOCC1. The van der Waals surface area contributed by atoms with Crippen molar-refractivity contribution in [3.63, 3.8) is 0 Å². The molecule has 43 heavy (non-hydrogen) atoms. The topological polar surface area (TPSA) is 44.7 Å². The van der Waals surface area contributed by atoms with Crippen LogP contribution in [0.1, 0.15) is 123 Å². The fraction of sp³-hybridized carbons (Fsp3) is 0.667. The van der Waals surface area contributed by atoms with Crippen molar-refractivity contribution >= 4 is 16.8 Å². The largest absolute Gasteiger partial charge is 0.513 e. The lowest BCUT2D eigenvalue weighted by molar-refractivity contribution is -0.0689. The van der Waals surface area contributed by atoms with Crippen LogP contribution in [-0.2, 0) is 4.74 Å². The van der Waals surface area contributed by atoms with E-state index in [2.05, 4.69) is 24.1 Å². The van der Waals surface area contributed by atoms with Gasteiger partial charge in [-0.1, -0.05) is 90.7 Å². The molecule has 7 heteroatoms. The van der Waals surface area contributed by atoms with E-state index < -0.39 is 11.7 Å². The highest BCUT2D eigenvalue weighted by atomic mass is 19.4. The van der Waals surface area contributed by atoms with E-state index in [1.807, 2.05) is 34.6 Å². The number of aliphatic hydroxyl groups is 1. The van der Waals surface area contributed by atoms with Gasteiger partial charge in [0.2, 0.25) is 0 Å². The van der Waals surface area contributed by atoms with Crippen molar-refractivity contribution in [2.75, 3.05) is 38.2 Å². The first-order valence-electron chi connectivity index (χ1n) is 16.5. The van der Waals surface area contributed by atoms with Gasteiger partial charge in [0.25, 0.3) is 0 Å². The van der Waals surface area contributed by atoms with E-state index in [-0.39, 0.29) is 11.3 Å². The fourth-order valence-electron chi connectivity index (χ4n) is 5.28. The molecule has 2 aliphatic heterocycles. The number of benzene rings is 1. The zero-order valence-corrected chi connectivity index (χ0v) is 28.2. The van der Waals surface area contributed by atoms with E-state index >= 15 is 0 Å². The van der Waals surface area contributed by atoms with Crippen molar-refractivity contribution in [2.45, 2.75) is 119 Å². The summed E-state index contributed by atoms with van der Waals surface area (Å²) in [6.45, 7) is 21.5. The van der Waals surface area contributed by atoms with Crippen LogP contribution in [0.2, 0.25) is 0 Å². The van der Waals surface area contributed by atoms with Crippen LogP contribution in [0, 0.1) is 12.8 Å². The third-order valence-electron chi connectivity index (χ3n) is 8.30. The van der Waals surface area contributed by atoms with Gasteiger partial charge < -0.3 is 15.2 Å². The number of nitrogens with one attached hydrogen (secondary N) is 1. The number of allylic oxidation sites excluding steroid dienone is 4. The molecule has 1 fully saturated rings. The number of morpholine rings is 1. The molecule has 3 rings (SSSR count). The summed E-state index contributed by atoms with van der Waals surface area (Å²) in [4.78, 5) is 2.55. The van der Waals surface area contributed by atoms with E-state index in [4.69, 9.17) is 9.84 Å². The maximum absolute atomic E-state index is 13.5. The molecule has 1 atom stereocenters. The molecule has 0 saturated carbocycles. The van der Waals surface area contributed by atoms with Gasteiger partial charge in [-0.05, 0) is 75.4 Å². The van der Waals surface area contributed by atoms with Gasteiger partial charge in [-0.3, -0.25) is 4.90 Å². The number of ether oxygens (including phenoxy) is 1. The van der Waals surface area contributed by atoms with Crippen LogP contribution in [0.4, 0.5) is 18.9 Å². The first-order chi connectivity index (χ1) is 20.5. The van der Waals surface area contributed by atoms with Gasteiger partial charge >= 0.3 is 6.18 Å². The lowest BCUT2D eigenvalue weighted by Gasteiger charge is -2.27. The third kappa shape index (κ3) is 13.5. The molecule has 4 nitrogen and oxygen atoms in total. The number of nitrogens with zero attached hydrogens (tertiary/aromatic N) is 1. The van der Waals surface area contributed by atoms with E-state index in [0.29, 0.717) is 17.5 Å². The number of aliphatic hydroxyl groups excluding tert-OH is 1. The van der Waals surface area contributed by atoms with Gasteiger partial charge in [0.05, 0.1) is 24.5 Å². The number of unbranched alkanes of at least 4 members (excludes halogenated alkanes) is 6. The molecule has 1 unspecified atom stereocenters. The molecule has 1 aromatic rings. The van der Waals surface area contributed by atoms with Crippen LogP contribution in [0.25, 0.3) is 11.1 Å². The Morgan fingerprint density at radius 1 is 1.00 bits per heavy atom. The normalized spacial score (nSPS) is 16.5. The van der Waals surface area contributed by atoms with Gasteiger partial charge in [0.15, 0.2) is 0 Å². The monoisotopic (exact) mass is 608 g/mol. The molecule has 0 spiro atoms. The van der Waals surface area contributed by atoms with Crippen molar-refractivity contribution < 1.29 is 23.0 Å². The highest BCUT2D eigenvalue weighted by Crippen LogP contribution is 2.45. The average Bonchev–Trinajstić information content (AvgIpc) is 3.00. The standard InChI is InChI=1S/C17H18F3NO.C17H35NO.C2H6/c1-9(2)11(4)15-10(3)5-6-14-16(15)13(17(18,19)20)7-12(8-22)21-14;1-3-17(2)11-9-7-5-4-6-8-10-12-18-13-15-19-16-14-18;1-2/h5-8,21-22H,1-4H3;17H,3-16H2,1-2H3;1-2H3/b12-8-;;. The summed E-state index contributed by atoms with van der Waals surface area (Å²) in [6.07, 6.45) is 9.90. The maximum Gasteiger partial charge on any atom is 0.417 e. The Kier molecular flexibility index (Phi) is 18.6. The van der Waals surface area contributed by atoms with Gasteiger partial charge in [0, 0.05) is 24.3 Å². The first-order valence-corrected chi connectivity index (χ1v) is 16.5. The Balaban J connectivity index is 0.000000411. The molecule has 0 aromatic heterocycles. The minimum Gasteiger partial charge on any atom is -0.513 e. The number of hydrogen-bond donors (Lipinski definition) is 2. The van der Waals surface area contributed by atoms with Crippen LogP contribution < -0.4 is 5.32 Å². The van der Waals surface area contributed by atoms with Gasteiger partial charge in [-0.25, -0.2) is 0 Å². The highest BCUT2D eigenvalue weighted by molar-refractivity contribution is 5.93. The van der Waals surface area contributed by atoms with E-state index in [1.165, 1.54) is 64.3 Å². The molecular weight excluding hydrogens is 549 g/mol. The number of fused-ring (bicyclic) bond motifs is 1. The summed E-state index contributed by atoms with van der Waals surface area (Å²) in [5, 5.41) is 11.9. The highest BCUT2D eigenvalue weighted by Gasteiger charge is 2.39. The van der Waals surface area contributed by atoms with Crippen LogP contribution in [0.3, 0.4) is 0 Å². The zero-order chi connectivity index (χ0) is 32.4. The number of halogens is 3. The summed E-state index contributed by atoms with van der Waals surface area (Å²) in [6, 6.07) is 3.39. The maximum atomic E-state index is 13.5. The zero-order valence-electron chi connectivity index (χ0n) is 28.2. The molecule has 2 aliphatic rings. The number of aryl methyl sites for hydroxylation is 1. The molecule has 2 N–H and O–H groups in total. The Labute approximate surface area is 260 Å². The first kappa shape index (κ1) is 38.8. The number of alkyl halides is 3. The molecule has 246 valence electrons. The summed E-state index contributed by atoms with van der Waals surface area (Å²) >= 11 is 0. The fourth-order valence-corrected chi connectivity index (χ4v) is 5.28. The summed E-state index contributed by atoms with van der Waals surface area (Å²) in [7, 11) is 0. The summed E-state index contributed by atoms with van der Waals surface area (Å²) in [5.74, 6) is 0.938. The quantitative estimate of drug-likeness (QED) is 0.183. The van der Waals surface area contributed by atoms with Crippen molar-refractivity contribution in [1.29, 1.82) is 0 Å². The van der Waals surface area contributed by atoms with Crippen molar-refractivity contribution in [2.24, 2.45) is 5.92 Å².